The molecule has 1 saturated heterocycles. The predicted octanol–water partition coefficient (Wildman–Crippen LogP) is 2.86. The summed E-state index contributed by atoms with van der Waals surface area (Å²) in [4.78, 5) is 37.4. The molecule has 0 saturated carbocycles. The fraction of sp³-hybridized carbons (Fsp3) is 0.300. The second kappa shape index (κ2) is 9.16. The molecule has 29 heavy (non-hydrogen) atoms. The summed E-state index contributed by atoms with van der Waals surface area (Å²) in [5.41, 5.74) is 1.08. The normalized spacial score (nSPS) is 13.6. The number of nitrogens with one attached hydrogen (secondary N) is 1. The molecule has 0 radical (unpaired) electrons. The van der Waals surface area contributed by atoms with Crippen LogP contribution in [0.4, 0.5) is 17.1 Å². The van der Waals surface area contributed by atoms with Gasteiger partial charge in [-0.2, -0.15) is 0 Å². The lowest BCUT2D eigenvalue weighted by Gasteiger charge is -2.29. The molecular weight excluding hydrogens is 378 g/mol. The van der Waals surface area contributed by atoms with Gasteiger partial charge in [0.1, 0.15) is 0 Å². The summed E-state index contributed by atoms with van der Waals surface area (Å²) in [6.07, 6.45) is 0. The van der Waals surface area contributed by atoms with Crippen LogP contribution in [0.25, 0.3) is 0 Å². The summed E-state index contributed by atoms with van der Waals surface area (Å²) < 4.78 is 10.2. The van der Waals surface area contributed by atoms with Gasteiger partial charge in [0.05, 0.1) is 30.3 Å². The van der Waals surface area contributed by atoms with Crippen LogP contribution in [0.5, 0.6) is 0 Å². The molecule has 1 amide bonds. The number of esters is 1. The van der Waals surface area contributed by atoms with Crippen molar-refractivity contribution in [2.75, 3.05) is 43.1 Å². The number of morpholine rings is 1. The van der Waals surface area contributed by atoms with Crippen LogP contribution in [0.3, 0.4) is 0 Å². The fourth-order valence-corrected chi connectivity index (χ4v) is 2.99. The highest BCUT2D eigenvalue weighted by molar-refractivity contribution is 6.06. The van der Waals surface area contributed by atoms with Gasteiger partial charge < -0.3 is 19.7 Å². The zero-order valence-corrected chi connectivity index (χ0v) is 15.9. The molecule has 152 valence electrons. The monoisotopic (exact) mass is 399 g/mol. The van der Waals surface area contributed by atoms with E-state index in [0.29, 0.717) is 18.9 Å². The van der Waals surface area contributed by atoms with Crippen molar-refractivity contribution in [2.45, 2.75) is 6.92 Å². The Kier molecular flexibility index (Phi) is 6.40. The van der Waals surface area contributed by atoms with E-state index in [1.807, 2.05) is 18.2 Å². The van der Waals surface area contributed by atoms with E-state index in [0.717, 1.165) is 30.9 Å². The molecule has 1 aliphatic heterocycles. The summed E-state index contributed by atoms with van der Waals surface area (Å²) >= 11 is 0. The number of non-ortho nitro benzene ring substituents is 1. The van der Waals surface area contributed by atoms with Gasteiger partial charge in [0.15, 0.2) is 0 Å². The molecule has 0 bridgehead atoms. The topological polar surface area (TPSA) is 111 Å². The lowest BCUT2D eigenvalue weighted by molar-refractivity contribution is -0.384. The number of nitrogens with zero attached hydrogens (tertiary/aromatic N) is 2. The van der Waals surface area contributed by atoms with E-state index >= 15 is 0 Å². The molecule has 1 fully saturated rings. The van der Waals surface area contributed by atoms with Crippen LogP contribution in [0.2, 0.25) is 0 Å². The number of ether oxygens (including phenoxy) is 2. The third kappa shape index (κ3) is 5.08. The van der Waals surface area contributed by atoms with Gasteiger partial charge in [-0.15, -0.1) is 0 Å². The molecule has 1 heterocycles. The lowest BCUT2D eigenvalue weighted by atomic mass is 10.1. The minimum atomic E-state index is -0.723. The van der Waals surface area contributed by atoms with Gasteiger partial charge >= 0.3 is 5.97 Å². The van der Waals surface area contributed by atoms with E-state index in [2.05, 4.69) is 10.2 Å². The van der Waals surface area contributed by atoms with Crippen LogP contribution in [0.15, 0.2) is 42.5 Å². The lowest BCUT2D eigenvalue weighted by Crippen LogP contribution is -2.36. The van der Waals surface area contributed by atoms with Gasteiger partial charge in [-0.1, -0.05) is 6.07 Å². The van der Waals surface area contributed by atoms with Crippen molar-refractivity contribution in [2.24, 2.45) is 0 Å². The number of amides is 1. The van der Waals surface area contributed by atoms with E-state index in [1.165, 1.54) is 6.07 Å². The van der Waals surface area contributed by atoms with Gasteiger partial charge in [-0.05, 0) is 31.2 Å². The maximum absolute atomic E-state index is 12.7. The molecule has 0 aliphatic carbocycles. The second-order valence-corrected chi connectivity index (χ2v) is 6.35. The summed E-state index contributed by atoms with van der Waals surface area (Å²) in [6, 6.07) is 10.8. The van der Waals surface area contributed by atoms with Crippen LogP contribution in [-0.4, -0.2) is 49.7 Å². The summed E-state index contributed by atoms with van der Waals surface area (Å²) in [7, 11) is 0. The van der Waals surface area contributed by atoms with Crippen molar-refractivity contribution in [3.8, 4) is 0 Å². The molecule has 2 aromatic carbocycles. The van der Waals surface area contributed by atoms with Crippen molar-refractivity contribution in [3.63, 3.8) is 0 Å². The van der Waals surface area contributed by atoms with Crippen LogP contribution in [-0.2, 0) is 9.47 Å². The average Bonchev–Trinajstić information content (AvgIpc) is 2.74. The zero-order valence-electron chi connectivity index (χ0n) is 15.9. The van der Waals surface area contributed by atoms with E-state index in [9.17, 15) is 19.7 Å². The molecule has 9 nitrogen and oxygen atoms in total. The van der Waals surface area contributed by atoms with Crippen LogP contribution in [0, 0.1) is 10.1 Å². The van der Waals surface area contributed by atoms with Crippen molar-refractivity contribution >= 4 is 28.9 Å². The Morgan fingerprint density at radius 1 is 1.17 bits per heavy atom. The number of nitro groups is 1. The third-order valence-electron chi connectivity index (χ3n) is 4.38. The Labute approximate surface area is 167 Å². The largest absolute Gasteiger partial charge is 0.462 e. The molecule has 0 atom stereocenters. The highest BCUT2D eigenvalue weighted by Gasteiger charge is 2.19. The number of nitro benzene ring substituents is 1. The third-order valence-corrected chi connectivity index (χ3v) is 4.38. The van der Waals surface area contributed by atoms with E-state index in [4.69, 9.17) is 9.47 Å². The Hall–Kier alpha value is -3.46. The van der Waals surface area contributed by atoms with Crippen LogP contribution in [0.1, 0.15) is 27.6 Å². The molecule has 1 aliphatic rings. The Morgan fingerprint density at radius 3 is 2.59 bits per heavy atom. The van der Waals surface area contributed by atoms with E-state index in [1.54, 1.807) is 13.0 Å². The highest BCUT2D eigenvalue weighted by Crippen LogP contribution is 2.23. The van der Waals surface area contributed by atoms with E-state index in [-0.39, 0.29) is 23.4 Å². The van der Waals surface area contributed by atoms with Crippen LogP contribution < -0.4 is 10.2 Å². The van der Waals surface area contributed by atoms with Crippen molar-refractivity contribution < 1.29 is 24.0 Å². The maximum atomic E-state index is 12.7. The molecule has 2 aromatic rings. The Morgan fingerprint density at radius 2 is 1.90 bits per heavy atom. The minimum absolute atomic E-state index is 0.000899. The number of carbonyl (C=O) groups is 2. The van der Waals surface area contributed by atoms with Gasteiger partial charge in [-0.25, -0.2) is 4.79 Å². The number of hydrogen-bond acceptors (Lipinski definition) is 7. The molecule has 0 unspecified atom stereocenters. The molecule has 3 rings (SSSR count). The fourth-order valence-electron chi connectivity index (χ4n) is 2.99. The number of carbonyl (C=O) groups excluding carboxylic acids is 2. The number of rotatable bonds is 6. The number of benzene rings is 2. The van der Waals surface area contributed by atoms with Crippen molar-refractivity contribution in [1.29, 1.82) is 0 Å². The standard InChI is InChI=1S/C20H21N3O6/c1-2-29-20(25)15-10-14(11-18(12-15)23(26)27)19(24)21-16-4-3-5-17(13-16)22-6-8-28-9-7-22/h3-5,10-13H,2,6-9H2,1H3,(H,21,24). The van der Waals surface area contributed by atoms with Gasteiger partial charge in [0, 0.05) is 42.2 Å². The van der Waals surface area contributed by atoms with Crippen molar-refractivity contribution in [3.05, 3.63) is 63.7 Å². The minimum Gasteiger partial charge on any atom is -0.462 e. The van der Waals surface area contributed by atoms with Crippen molar-refractivity contribution in [1.82, 2.24) is 0 Å². The average molecular weight is 399 g/mol. The van der Waals surface area contributed by atoms with Gasteiger partial charge in [0.25, 0.3) is 11.6 Å². The molecule has 0 aromatic heterocycles. The first kappa shape index (κ1) is 20.3. The number of hydrogen-bond donors (Lipinski definition) is 1. The van der Waals surface area contributed by atoms with Gasteiger partial charge in [-0.3, -0.25) is 14.9 Å². The SMILES string of the molecule is CCOC(=O)c1cc(C(=O)Nc2cccc(N3CCOCC3)c2)cc([N+](=O)[O-])c1. The zero-order chi connectivity index (χ0) is 20.8. The smallest absolute Gasteiger partial charge is 0.338 e. The molecule has 0 spiro atoms. The molecule has 1 N–H and O–H groups in total. The van der Waals surface area contributed by atoms with Crippen LogP contribution >= 0.6 is 0 Å². The van der Waals surface area contributed by atoms with E-state index < -0.39 is 16.8 Å². The highest BCUT2D eigenvalue weighted by atomic mass is 16.6. The number of anilines is 2. The maximum Gasteiger partial charge on any atom is 0.338 e. The Balaban J connectivity index is 1.83. The van der Waals surface area contributed by atoms with Gasteiger partial charge in [0.2, 0.25) is 0 Å². The molecular formula is C20H21N3O6. The Bertz CT molecular complexity index is 924. The summed E-state index contributed by atoms with van der Waals surface area (Å²) in [5.74, 6) is -1.28. The first-order valence-corrected chi connectivity index (χ1v) is 9.18. The first-order chi connectivity index (χ1) is 14.0. The summed E-state index contributed by atoms with van der Waals surface area (Å²) in [5, 5.41) is 13.9. The second-order valence-electron chi connectivity index (χ2n) is 6.35. The molecule has 9 heteroatoms. The quantitative estimate of drug-likeness (QED) is 0.452. The summed E-state index contributed by atoms with van der Waals surface area (Å²) in [6.45, 7) is 4.54. The predicted molar refractivity (Wildman–Crippen MR) is 106 cm³/mol. The first-order valence-electron chi connectivity index (χ1n) is 9.18.